The summed E-state index contributed by atoms with van der Waals surface area (Å²) in [5, 5.41) is 3.65. The summed E-state index contributed by atoms with van der Waals surface area (Å²) < 4.78 is 0. The van der Waals surface area contributed by atoms with Gasteiger partial charge in [-0.2, -0.15) is 0 Å². The van der Waals surface area contributed by atoms with Crippen molar-refractivity contribution in [2.24, 2.45) is 0 Å². The molecule has 0 unspecified atom stereocenters. The van der Waals surface area contributed by atoms with Gasteiger partial charge in [0, 0.05) is 10.0 Å². The van der Waals surface area contributed by atoms with Crippen LogP contribution in [0.5, 0.6) is 0 Å². The molecule has 16 heavy (non-hydrogen) atoms. The van der Waals surface area contributed by atoms with Crippen molar-refractivity contribution in [2.45, 2.75) is 0 Å². The third-order valence-corrected chi connectivity index (χ3v) is 4.42. The van der Waals surface area contributed by atoms with Gasteiger partial charge in [-0.3, -0.25) is 0 Å². The molecule has 2 radical (unpaired) electrons. The summed E-state index contributed by atoms with van der Waals surface area (Å²) in [5.74, 6) is 0. The predicted molar refractivity (Wildman–Crippen MR) is 74.8 cm³/mol. The van der Waals surface area contributed by atoms with Gasteiger partial charge < -0.3 is 0 Å². The quantitative estimate of drug-likeness (QED) is 0.575. The molecular formula is C12H8BCl2P. The molecule has 0 amide bonds. The van der Waals surface area contributed by atoms with Gasteiger partial charge in [0.2, 0.25) is 0 Å². The zero-order chi connectivity index (χ0) is 11.5. The molecule has 0 aliphatic heterocycles. The van der Waals surface area contributed by atoms with Crippen LogP contribution in [0.2, 0.25) is 10.0 Å². The van der Waals surface area contributed by atoms with E-state index in [1.54, 1.807) is 0 Å². The van der Waals surface area contributed by atoms with Crippen LogP contribution < -0.4 is 10.6 Å². The van der Waals surface area contributed by atoms with Crippen molar-refractivity contribution in [1.82, 2.24) is 0 Å². The molecule has 2 aromatic carbocycles. The van der Waals surface area contributed by atoms with Gasteiger partial charge in [0.15, 0.2) is 0 Å². The molecule has 2 rings (SSSR count). The van der Waals surface area contributed by atoms with Crippen molar-refractivity contribution in [1.29, 1.82) is 0 Å². The third-order valence-electron chi connectivity index (χ3n) is 2.21. The summed E-state index contributed by atoms with van der Waals surface area (Å²) >= 11 is 11.7. The van der Waals surface area contributed by atoms with Crippen molar-refractivity contribution in [2.75, 3.05) is 0 Å². The average Bonchev–Trinajstić information content (AvgIpc) is 2.30. The second-order valence-corrected chi connectivity index (χ2v) is 5.97. The SMILES string of the molecule is [B]P(c1ccc(Cl)cc1)c1ccc(Cl)cc1. The molecule has 0 fully saturated rings. The van der Waals surface area contributed by atoms with Crippen molar-refractivity contribution in [3.63, 3.8) is 0 Å². The predicted octanol–water partition coefficient (Wildman–Crippen LogP) is 3.51. The lowest BCUT2D eigenvalue weighted by Crippen LogP contribution is -2.10. The van der Waals surface area contributed by atoms with Gasteiger partial charge in [-0.15, -0.1) is 0 Å². The van der Waals surface area contributed by atoms with Gasteiger partial charge in [0.05, 0.1) is 0 Å². The summed E-state index contributed by atoms with van der Waals surface area (Å²) in [7, 11) is 5.38. The van der Waals surface area contributed by atoms with Crippen LogP contribution in [0.3, 0.4) is 0 Å². The maximum Gasteiger partial charge on any atom is 0.121 e. The zero-order valence-corrected chi connectivity index (χ0v) is 10.8. The fourth-order valence-electron chi connectivity index (χ4n) is 1.35. The Kier molecular flexibility index (Phi) is 3.92. The highest BCUT2D eigenvalue weighted by atomic mass is 35.5. The highest BCUT2D eigenvalue weighted by Gasteiger charge is 2.06. The van der Waals surface area contributed by atoms with E-state index >= 15 is 0 Å². The Balaban J connectivity index is 2.28. The number of hydrogen-bond donors (Lipinski definition) is 0. The smallest absolute Gasteiger partial charge is 0.0961 e. The van der Waals surface area contributed by atoms with Gasteiger partial charge >= 0.3 is 0 Å². The minimum atomic E-state index is -0.813. The minimum Gasteiger partial charge on any atom is -0.0961 e. The van der Waals surface area contributed by atoms with E-state index in [1.807, 2.05) is 48.5 Å². The van der Waals surface area contributed by atoms with Gasteiger partial charge in [0.25, 0.3) is 0 Å². The highest BCUT2D eigenvalue weighted by Crippen LogP contribution is 2.28. The Morgan fingerprint density at radius 1 is 0.688 bits per heavy atom. The molecule has 2 aromatic rings. The summed E-state index contributed by atoms with van der Waals surface area (Å²) in [5.41, 5.74) is 0. The first kappa shape index (κ1) is 12.0. The second-order valence-electron chi connectivity index (χ2n) is 3.32. The van der Waals surface area contributed by atoms with Crippen LogP contribution in [0, 0.1) is 0 Å². The molecular weight excluding hydrogens is 257 g/mol. The number of rotatable bonds is 2. The summed E-state index contributed by atoms with van der Waals surface area (Å²) in [6.07, 6.45) is 0. The summed E-state index contributed by atoms with van der Waals surface area (Å²) in [6, 6.07) is 15.3. The number of benzene rings is 2. The van der Waals surface area contributed by atoms with Crippen LogP contribution in [0.4, 0.5) is 0 Å². The zero-order valence-electron chi connectivity index (χ0n) is 8.40. The lowest BCUT2D eigenvalue weighted by atomic mass is 10.4. The Bertz CT molecular complexity index is 422. The lowest BCUT2D eigenvalue weighted by Gasteiger charge is -2.13. The normalized spacial score (nSPS) is 10.7. The molecule has 0 bridgehead atoms. The van der Waals surface area contributed by atoms with Crippen molar-refractivity contribution in [3.8, 4) is 0 Å². The molecule has 0 spiro atoms. The van der Waals surface area contributed by atoms with Crippen LogP contribution in [0.25, 0.3) is 0 Å². The van der Waals surface area contributed by atoms with E-state index in [0.717, 1.165) is 20.7 Å². The molecule has 0 N–H and O–H groups in total. The fourth-order valence-corrected chi connectivity index (χ4v) is 2.84. The molecule has 0 nitrogen and oxygen atoms in total. The van der Waals surface area contributed by atoms with E-state index in [9.17, 15) is 0 Å². The van der Waals surface area contributed by atoms with Crippen LogP contribution in [-0.2, 0) is 0 Å². The topological polar surface area (TPSA) is 0 Å². The first-order chi connectivity index (χ1) is 7.66. The van der Waals surface area contributed by atoms with E-state index in [-0.39, 0.29) is 0 Å². The minimum absolute atomic E-state index is 0.725. The van der Waals surface area contributed by atoms with Crippen molar-refractivity contribution in [3.05, 3.63) is 58.6 Å². The maximum absolute atomic E-state index is 6.20. The van der Waals surface area contributed by atoms with Crippen LogP contribution in [-0.4, -0.2) is 7.57 Å². The van der Waals surface area contributed by atoms with Gasteiger partial charge in [-0.05, 0) is 34.9 Å². The third kappa shape index (κ3) is 2.80. The summed E-state index contributed by atoms with van der Waals surface area (Å²) in [6.45, 7) is 0. The van der Waals surface area contributed by atoms with E-state index in [4.69, 9.17) is 30.8 Å². The van der Waals surface area contributed by atoms with Crippen LogP contribution >= 0.6 is 31.0 Å². The maximum atomic E-state index is 6.20. The first-order valence-electron chi connectivity index (χ1n) is 4.73. The molecule has 78 valence electrons. The molecule has 0 saturated carbocycles. The monoisotopic (exact) mass is 264 g/mol. The molecule has 0 aromatic heterocycles. The Morgan fingerprint density at radius 2 is 1.00 bits per heavy atom. The molecule has 4 heteroatoms. The van der Waals surface area contributed by atoms with Crippen LogP contribution in [0.1, 0.15) is 0 Å². The number of hydrogen-bond acceptors (Lipinski definition) is 0. The van der Waals surface area contributed by atoms with E-state index in [1.165, 1.54) is 0 Å². The Morgan fingerprint density at radius 3 is 1.31 bits per heavy atom. The lowest BCUT2D eigenvalue weighted by molar-refractivity contribution is 1.75. The highest BCUT2D eigenvalue weighted by molar-refractivity contribution is 7.94. The average molecular weight is 265 g/mol. The molecule has 0 atom stereocenters. The Hall–Kier alpha value is -0.485. The second kappa shape index (κ2) is 5.23. The molecule has 0 saturated heterocycles. The molecule has 0 aliphatic rings. The largest absolute Gasteiger partial charge is 0.121 e. The summed E-state index contributed by atoms with van der Waals surface area (Å²) in [4.78, 5) is 0. The standard InChI is InChI=1S/C12H8BCl2P/c13-16(11-5-1-9(14)2-6-11)12-7-3-10(15)4-8-12/h1-8H. The van der Waals surface area contributed by atoms with Crippen molar-refractivity contribution >= 4 is 49.2 Å². The first-order valence-corrected chi connectivity index (χ1v) is 6.89. The van der Waals surface area contributed by atoms with Gasteiger partial charge in [-0.25, -0.2) is 0 Å². The van der Waals surface area contributed by atoms with E-state index < -0.39 is 7.80 Å². The van der Waals surface area contributed by atoms with Crippen molar-refractivity contribution < 1.29 is 0 Å². The van der Waals surface area contributed by atoms with Gasteiger partial charge in [0.1, 0.15) is 7.57 Å². The molecule has 0 heterocycles. The molecule has 0 aliphatic carbocycles. The number of halogens is 2. The fraction of sp³-hybridized carbons (Fsp3) is 0. The van der Waals surface area contributed by atoms with E-state index in [0.29, 0.717) is 0 Å². The van der Waals surface area contributed by atoms with Crippen LogP contribution in [0.15, 0.2) is 48.5 Å². The van der Waals surface area contributed by atoms with Gasteiger partial charge in [-0.1, -0.05) is 55.3 Å². The van der Waals surface area contributed by atoms with E-state index in [2.05, 4.69) is 0 Å². The Labute approximate surface area is 108 Å².